The summed E-state index contributed by atoms with van der Waals surface area (Å²) in [4.78, 5) is 11.4. The highest BCUT2D eigenvalue weighted by Gasteiger charge is 2.22. The lowest BCUT2D eigenvalue weighted by Crippen LogP contribution is -2.36. The smallest absolute Gasteiger partial charge is 0.221 e. The molecule has 0 aromatic carbocycles. The van der Waals surface area contributed by atoms with Crippen LogP contribution in [0.15, 0.2) is 5.16 Å². The molecule has 0 atom stereocenters. The zero-order valence-corrected chi connectivity index (χ0v) is 12.5. The molecule has 0 rings (SSSR count). The van der Waals surface area contributed by atoms with Crippen molar-refractivity contribution in [2.24, 2.45) is 22.2 Å². The molecule has 0 aliphatic heterocycles. The van der Waals surface area contributed by atoms with Crippen molar-refractivity contribution in [1.82, 2.24) is 10.6 Å². The Hall–Kier alpha value is -1.30. The molecule has 6 heteroatoms. The normalized spacial score (nSPS) is 12.8. The Bertz CT molecular complexity index is 301. The molecule has 0 spiro atoms. The lowest BCUT2D eigenvalue weighted by Gasteiger charge is -2.22. The number of hydrogen-bond donors (Lipinski definition) is 4. The first-order valence-electron chi connectivity index (χ1n) is 6.75. The van der Waals surface area contributed by atoms with Crippen molar-refractivity contribution in [3.63, 3.8) is 0 Å². The molecule has 0 aliphatic carbocycles. The van der Waals surface area contributed by atoms with Gasteiger partial charge in [0.25, 0.3) is 0 Å². The summed E-state index contributed by atoms with van der Waals surface area (Å²) in [5.74, 6) is 0.763. The summed E-state index contributed by atoms with van der Waals surface area (Å²) in [6, 6.07) is 0. The average molecular weight is 272 g/mol. The summed E-state index contributed by atoms with van der Waals surface area (Å²) >= 11 is 0. The minimum atomic E-state index is -0.346. The summed E-state index contributed by atoms with van der Waals surface area (Å²) in [6.45, 7) is 10.0. The van der Waals surface area contributed by atoms with E-state index < -0.39 is 0 Å². The molecule has 0 unspecified atom stereocenters. The van der Waals surface area contributed by atoms with E-state index in [0.29, 0.717) is 18.9 Å². The van der Waals surface area contributed by atoms with Crippen molar-refractivity contribution in [1.29, 1.82) is 0 Å². The number of oxime groups is 1. The highest BCUT2D eigenvalue weighted by Crippen LogP contribution is 2.19. The van der Waals surface area contributed by atoms with Crippen LogP contribution < -0.4 is 16.4 Å². The Morgan fingerprint density at radius 1 is 1.37 bits per heavy atom. The molecule has 0 saturated heterocycles. The first kappa shape index (κ1) is 17.7. The molecular formula is C13H28N4O2. The third kappa shape index (κ3) is 8.42. The molecule has 0 bridgehead atoms. The fourth-order valence-corrected chi connectivity index (χ4v) is 1.40. The van der Waals surface area contributed by atoms with Crippen LogP contribution >= 0.6 is 0 Å². The number of nitrogens with zero attached hydrogens (tertiary/aromatic N) is 1. The number of nitrogens with one attached hydrogen (secondary N) is 2. The summed E-state index contributed by atoms with van der Waals surface area (Å²) in [6.07, 6.45) is 1.22. The fourth-order valence-electron chi connectivity index (χ4n) is 1.40. The van der Waals surface area contributed by atoms with Crippen LogP contribution in [0.25, 0.3) is 0 Å². The van der Waals surface area contributed by atoms with Crippen LogP contribution in [0.3, 0.4) is 0 Å². The number of nitrogens with two attached hydrogens (primary N) is 1. The van der Waals surface area contributed by atoms with E-state index in [1.165, 1.54) is 0 Å². The van der Waals surface area contributed by atoms with Gasteiger partial charge < -0.3 is 21.6 Å². The Balaban J connectivity index is 3.68. The van der Waals surface area contributed by atoms with Crippen LogP contribution in [-0.4, -0.2) is 36.6 Å². The quantitative estimate of drug-likeness (QED) is 0.165. The lowest BCUT2D eigenvalue weighted by atomic mass is 9.88. The van der Waals surface area contributed by atoms with Gasteiger partial charge in [-0.2, -0.15) is 0 Å². The van der Waals surface area contributed by atoms with Crippen LogP contribution in [0, 0.1) is 11.3 Å². The molecule has 5 N–H and O–H groups in total. The summed E-state index contributed by atoms with van der Waals surface area (Å²) in [7, 11) is 0. The molecular weight excluding hydrogens is 244 g/mol. The lowest BCUT2D eigenvalue weighted by molar-refractivity contribution is -0.121. The van der Waals surface area contributed by atoms with Gasteiger partial charge in [-0.25, -0.2) is 0 Å². The largest absolute Gasteiger partial charge is 0.409 e. The van der Waals surface area contributed by atoms with Crippen molar-refractivity contribution in [2.75, 3.05) is 19.6 Å². The van der Waals surface area contributed by atoms with E-state index >= 15 is 0 Å². The first-order chi connectivity index (χ1) is 8.79. The van der Waals surface area contributed by atoms with Crippen LogP contribution in [0.5, 0.6) is 0 Å². The second-order valence-corrected chi connectivity index (χ2v) is 5.82. The second kappa shape index (κ2) is 8.74. The highest BCUT2D eigenvalue weighted by molar-refractivity contribution is 5.85. The number of carbonyl (C=O) groups excluding carboxylic acids is 1. The monoisotopic (exact) mass is 272 g/mol. The molecule has 19 heavy (non-hydrogen) atoms. The standard InChI is InChI=1S/C13H28N4O2/c1-10(2)9-16-11(18)5-7-15-8-6-13(3,4)12(14)17-19/h10,15,19H,5-9H2,1-4H3,(H2,14,17)(H,16,18). The van der Waals surface area contributed by atoms with Gasteiger partial charge >= 0.3 is 0 Å². The number of hydrogen-bond acceptors (Lipinski definition) is 4. The maximum atomic E-state index is 11.4. The minimum Gasteiger partial charge on any atom is -0.409 e. The number of amidine groups is 1. The van der Waals surface area contributed by atoms with Crippen molar-refractivity contribution >= 4 is 11.7 Å². The van der Waals surface area contributed by atoms with Crippen LogP contribution in [0.2, 0.25) is 0 Å². The topological polar surface area (TPSA) is 99.7 Å². The summed E-state index contributed by atoms with van der Waals surface area (Å²) in [5.41, 5.74) is 5.24. The van der Waals surface area contributed by atoms with Gasteiger partial charge in [-0.15, -0.1) is 0 Å². The van der Waals surface area contributed by atoms with E-state index in [2.05, 4.69) is 29.6 Å². The number of carbonyl (C=O) groups is 1. The molecule has 112 valence electrons. The molecule has 6 nitrogen and oxygen atoms in total. The third-order valence-electron chi connectivity index (χ3n) is 2.96. The SMILES string of the molecule is CC(C)CNC(=O)CCNCCC(C)(C)C(N)=NO. The maximum absolute atomic E-state index is 11.4. The molecule has 0 radical (unpaired) electrons. The number of rotatable bonds is 9. The molecule has 0 aliphatic rings. The van der Waals surface area contributed by atoms with Crippen molar-refractivity contribution < 1.29 is 10.0 Å². The summed E-state index contributed by atoms with van der Waals surface area (Å²) in [5, 5.41) is 17.7. The van der Waals surface area contributed by atoms with Crippen LogP contribution in [0.1, 0.15) is 40.5 Å². The predicted octanol–water partition coefficient (Wildman–Crippen LogP) is 0.901. The van der Waals surface area contributed by atoms with E-state index in [-0.39, 0.29) is 17.2 Å². The van der Waals surface area contributed by atoms with Gasteiger partial charge in [0.15, 0.2) is 0 Å². The van der Waals surface area contributed by atoms with Crippen molar-refractivity contribution in [2.45, 2.75) is 40.5 Å². The van der Waals surface area contributed by atoms with E-state index in [4.69, 9.17) is 10.9 Å². The molecule has 1 amide bonds. The Morgan fingerprint density at radius 3 is 2.53 bits per heavy atom. The van der Waals surface area contributed by atoms with Crippen molar-refractivity contribution in [3.8, 4) is 0 Å². The highest BCUT2D eigenvalue weighted by atomic mass is 16.4. The van der Waals surface area contributed by atoms with Gasteiger partial charge in [-0.05, 0) is 18.9 Å². The van der Waals surface area contributed by atoms with E-state index in [1.54, 1.807) is 0 Å². The zero-order chi connectivity index (χ0) is 14.9. The maximum Gasteiger partial charge on any atom is 0.221 e. The average Bonchev–Trinajstić information content (AvgIpc) is 2.34. The fraction of sp³-hybridized carbons (Fsp3) is 0.846. The van der Waals surface area contributed by atoms with E-state index in [1.807, 2.05) is 13.8 Å². The Morgan fingerprint density at radius 2 is 2.00 bits per heavy atom. The van der Waals surface area contributed by atoms with Crippen LogP contribution in [0.4, 0.5) is 0 Å². The van der Waals surface area contributed by atoms with E-state index in [0.717, 1.165) is 19.5 Å². The predicted molar refractivity (Wildman–Crippen MR) is 77.1 cm³/mol. The minimum absolute atomic E-state index is 0.0666. The van der Waals surface area contributed by atoms with Crippen molar-refractivity contribution in [3.05, 3.63) is 0 Å². The molecule has 0 aromatic rings. The van der Waals surface area contributed by atoms with Gasteiger partial charge in [0, 0.05) is 24.9 Å². The van der Waals surface area contributed by atoms with Gasteiger partial charge in [-0.3, -0.25) is 4.79 Å². The molecule has 0 heterocycles. The molecule has 0 aromatic heterocycles. The molecule has 0 fully saturated rings. The first-order valence-corrected chi connectivity index (χ1v) is 6.75. The molecule has 0 saturated carbocycles. The van der Waals surface area contributed by atoms with Gasteiger partial charge in [-0.1, -0.05) is 32.9 Å². The van der Waals surface area contributed by atoms with Crippen LogP contribution in [-0.2, 0) is 4.79 Å². The Kier molecular flexibility index (Phi) is 8.14. The third-order valence-corrected chi connectivity index (χ3v) is 2.96. The zero-order valence-electron chi connectivity index (χ0n) is 12.5. The summed E-state index contributed by atoms with van der Waals surface area (Å²) < 4.78 is 0. The van der Waals surface area contributed by atoms with Gasteiger partial charge in [0.2, 0.25) is 5.91 Å². The van der Waals surface area contributed by atoms with Gasteiger partial charge in [0.05, 0.1) is 0 Å². The van der Waals surface area contributed by atoms with E-state index in [9.17, 15) is 4.79 Å². The second-order valence-electron chi connectivity index (χ2n) is 5.82. The van der Waals surface area contributed by atoms with Gasteiger partial charge in [0.1, 0.15) is 5.84 Å². The Labute approximate surface area is 115 Å². The number of amides is 1.